The normalized spacial score (nSPS) is 11.9. The van der Waals surface area contributed by atoms with Gasteiger partial charge in [0.25, 0.3) is 5.91 Å². The van der Waals surface area contributed by atoms with E-state index in [4.69, 9.17) is 5.11 Å². The Morgan fingerprint density at radius 1 is 1.47 bits per heavy atom. The summed E-state index contributed by atoms with van der Waals surface area (Å²) in [5, 5.41) is 17.7. The second-order valence-corrected chi connectivity index (χ2v) is 4.45. The maximum atomic E-state index is 11.5. The Balaban J connectivity index is 2.15. The van der Waals surface area contributed by atoms with Crippen LogP contribution in [-0.4, -0.2) is 36.1 Å². The van der Waals surface area contributed by atoms with Crippen molar-refractivity contribution in [2.45, 2.75) is 19.4 Å². The molecule has 94 valence electrons. The summed E-state index contributed by atoms with van der Waals surface area (Å²) < 4.78 is 0. The number of aliphatic hydroxyl groups excluding tert-OH is 1. The summed E-state index contributed by atoms with van der Waals surface area (Å²) in [4.78, 5) is 22.7. The zero-order valence-corrected chi connectivity index (χ0v) is 10.4. The summed E-state index contributed by atoms with van der Waals surface area (Å²) in [5.74, 6) is -0.355. The molecule has 17 heavy (non-hydrogen) atoms. The zero-order chi connectivity index (χ0) is 12.7. The molecule has 0 bridgehead atoms. The van der Waals surface area contributed by atoms with E-state index in [0.717, 1.165) is 0 Å². The number of carbonyl (C=O) groups excluding carboxylic acids is 2. The Labute approximate surface area is 104 Å². The van der Waals surface area contributed by atoms with E-state index < -0.39 is 6.10 Å². The van der Waals surface area contributed by atoms with Gasteiger partial charge in [-0.3, -0.25) is 9.59 Å². The van der Waals surface area contributed by atoms with Crippen molar-refractivity contribution in [2.75, 3.05) is 13.1 Å². The topological polar surface area (TPSA) is 78.4 Å². The number of aliphatic hydroxyl groups is 1. The molecule has 0 saturated heterocycles. The fourth-order valence-corrected chi connectivity index (χ4v) is 1.77. The van der Waals surface area contributed by atoms with Gasteiger partial charge in [0.1, 0.15) is 0 Å². The van der Waals surface area contributed by atoms with Crippen LogP contribution in [0.2, 0.25) is 0 Å². The lowest BCUT2D eigenvalue weighted by Crippen LogP contribution is -2.34. The lowest BCUT2D eigenvalue weighted by molar-refractivity contribution is -0.121. The van der Waals surface area contributed by atoms with Gasteiger partial charge in [0.2, 0.25) is 5.91 Å². The molecule has 2 amide bonds. The maximum absolute atomic E-state index is 11.5. The van der Waals surface area contributed by atoms with Crippen molar-refractivity contribution in [3.05, 3.63) is 22.4 Å². The molecule has 5 nitrogen and oxygen atoms in total. The maximum Gasteiger partial charge on any atom is 0.252 e. The predicted octanol–water partition coefficient (Wildman–Crippen LogP) is 0.365. The van der Waals surface area contributed by atoms with Crippen molar-refractivity contribution in [1.29, 1.82) is 0 Å². The minimum absolute atomic E-state index is 0.172. The van der Waals surface area contributed by atoms with E-state index >= 15 is 0 Å². The highest BCUT2D eigenvalue weighted by Gasteiger charge is 2.06. The Morgan fingerprint density at radius 2 is 2.24 bits per heavy atom. The molecule has 0 aromatic carbocycles. The molecule has 0 fully saturated rings. The van der Waals surface area contributed by atoms with Gasteiger partial charge in [-0.1, -0.05) is 0 Å². The SMILES string of the molecule is CC(O)CNC(=O)CCNC(=O)c1ccsc1. The van der Waals surface area contributed by atoms with Crippen LogP contribution in [0.4, 0.5) is 0 Å². The highest BCUT2D eigenvalue weighted by molar-refractivity contribution is 7.08. The van der Waals surface area contributed by atoms with Crippen LogP contribution in [0.15, 0.2) is 16.8 Å². The van der Waals surface area contributed by atoms with Gasteiger partial charge in [0.15, 0.2) is 0 Å². The molecular formula is C11H16N2O3S. The predicted molar refractivity (Wildman–Crippen MR) is 66.0 cm³/mol. The van der Waals surface area contributed by atoms with E-state index in [0.29, 0.717) is 12.1 Å². The minimum Gasteiger partial charge on any atom is -0.392 e. The summed E-state index contributed by atoms with van der Waals surface area (Å²) in [7, 11) is 0. The van der Waals surface area contributed by atoms with E-state index in [1.165, 1.54) is 11.3 Å². The van der Waals surface area contributed by atoms with Crippen molar-refractivity contribution in [1.82, 2.24) is 10.6 Å². The molecule has 1 atom stereocenters. The highest BCUT2D eigenvalue weighted by Crippen LogP contribution is 2.04. The minimum atomic E-state index is -0.556. The first kappa shape index (κ1) is 13.7. The van der Waals surface area contributed by atoms with Crippen LogP contribution in [0, 0.1) is 0 Å². The Bertz CT molecular complexity index is 363. The summed E-state index contributed by atoms with van der Waals surface area (Å²) in [6.45, 7) is 2.12. The van der Waals surface area contributed by atoms with E-state index in [1.807, 2.05) is 5.38 Å². The van der Waals surface area contributed by atoms with Crippen LogP contribution in [-0.2, 0) is 4.79 Å². The summed E-state index contributed by atoms with van der Waals surface area (Å²) in [5.41, 5.74) is 0.611. The Hall–Kier alpha value is -1.40. The molecule has 1 aromatic rings. The van der Waals surface area contributed by atoms with Gasteiger partial charge in [-0.15, -0.1) is 0 Å². The number of thiophene rings is 1. The molecule has 0 aliphatic rings. The van der Waals surface area contributed by atoms with Crippen molar-refractivity contribution in [3.8, 4) is 0 Å². The third-order valence-electron chi connectivity index (χ3n) is 2.02. The van der Waals surface area contributed by atoms with Gasteiger partial charge in [0.05, 0.1) is 6.10 Å². The quantitative estimate of drug-likeness (QED) is 0.688. The highest BCUT2D eigenvalue weighted by atomic mass is 32.1. The number of nitrogens with one attached hydrogen (secondary N) is 2. The molecule has 0 radical (unpaired) electrons. The first-order valence-corrected chi connectivity index (χ1v) is 6.29. The largest absolute Gasteiger partial charge is 0.392 e. The fraction of sp³-hybridized carbons (Fsp3) is 0.455. The van der Waals surface area contributed by atoms with Crippen LogP contribution in [0.25, 0.3) is 0 Å². The second kappa shape index (κ2) is 7.03. The summed E-state index contributed by atoms with van der Waals surface area (Å²) in [6, 6.07) is 1.73. The van der Waals surface area contributed by atoms with Crippen LogP contribution in [0.1, 0.15) is 23.7 Å². The molecule has 1 rings (SSSR count). The Kier molecular flexibility index (Phi) is 5.65. The first-order valence-electron chi connectivity index (χ1n) is 5.34. The molecule has 0 aliphatic carbocycles. The monoisotopic (exact) mass is 256 g/mol. The summed E-state index contributed by atoms with van der Waals surface area (Å²) >= 11 is 1.45. The molecule has 6 heteroatoms. The van der Waals surface area contributed by atoms with Crippen molar-refractivity contribution < 1.29 is 14.7 Å². The van der Waals surface area contributed by atoms with Gasteiger partial charge in [-0.25, -0.2) is 0 Å². The van der Waals surface area contributed by atoms with E-state index in [1.54, 1.807) is 18.4 Å². The molecule has 3 N–H and O–H groups in total. The number of hydrogen-bond donors (Lipinski definition) is 3. The van der Waals surface area contributed by atoms with E-state index in [-0.39, 0.29) is 24.8 Å². The van der Waals surface area contributed by atoms with Crippen LogP contribution in [0.3, 0.4) is 0 Å². The van der Waals surface area contributed by atoms with Crippen LogP contribution >= 0.6 is 11.3 Å². The molecule has 0 spiro atoms. The van der Waals surface area contributed by atoms with Gasteiger partial charge in [-0.2, -0.15) is 11.3 Å². The molecule has 0 aliphatic heterocycles. The standard InChI is InChI=1S/C11H16N2O3S/c1-8(14)6-13-10(15)2-4-12-11(16)9-3-5-17-7-9/h3,5,7-8,14H,2,4,6H2,1H3,(H,12,16)(H,13,15). The molecule has 1 unspecified atom stereocenters. The van der Waals surface area contributed by atoms with Crippen molar-refractivity contribution in [2.24, 2.45) is 0 Å². The third-order valence-corrected chi connectivity index (χ3v) is 2.70. The summed E-state index contributed by atoms with van der Waals surface area (Å²) in [6.07, 6.45) is -0.345. The second-order valence-electron chi connectivity index (χ2n) is 3.67. The van der Waals surface area contributed by atoms with Gasteiger partial charge in [0, 0.05) is 30.5 Å². The van der Waals surface area contributed by atoms with E-state index in [2.05, 4.69) is 10.6 Å². The molecular weight excluding hydrogens is 240 g/mol. The van der Waals surface area contributed by atoms with Gasteiger partial charge in [-0.05, 0) is 18.4 Å². The molecule has 0 saturated carbocycles. The molecule has 1 heterocycles. The molecule has 1 aromatic heterocycles. The number of amides is 2. The number of hydrogen-bond acceptors (Lipinski definition) is 4. The van der Waals surface area contributed by atoms with Crippen LogP contribution < -0.4 is 10.6 Å². The average molecular weight is 256 g/mol. The first-order chi connectivity index (χ1) is 8.09. The van der Waals surface area contributed by atoms with Gasteiger partial charge >= 0.3 is 0 Å². The lowest BCUT2D eigenvalue weighted by atomic mass is 10.3. The smallest absolute Gasteiger partial charge is 0.252 e. The van der Waals surface area contributed by atoms with E-state index in [9.17, 15) is 9.59 Å². The van der Waals surface area contributed by atoms with Crippen molar-refractivity contribution >= 4 is 23.2 Å². The fourth-order valence-electron chi connectivity index (χ4n) is 1.14. The van der Waals surface area contributed by atoms with Crippen molar-refractivity contribution in [3.63, 3.8) is 0 Å². The van der Waals surface area contributed by atoms with Gasteiger partial charge < -0.3 is 15.7 Å². The van der Waals surface area contributed by atoms with Crippen LogP contribution in [0.5, 0.6) is 0 Å². The number of carbonyl (C=O) groups is 2. The lowest BCUT2D eigenvalue weighted by Gasteiger charge is -2.07. The third kappa shape index (κ3) is 5.46. The number of rotatable bonds is 6. The average Bonchev–Trinajstić information content (AvgIpc) is 2.79. The Morgan fingerprint density at radius 3 is 2.82 bits per heavy atom. The zero-order valence-electron chi connectivity index (χ0n) is 9.60.